The predicted molar refractivity (Wildman–Crippen MR) is 82.7 cm³/mol. The molecular weight excluding hydrogens is 324 g/mol. The number of aromatic amines is 2. The summed E-state index contributed by atoms with van der Waals surface area (Å²) in [5.74, 6) is 0.110. The first-order valence-corrected chi connectivity index (χ1v) is 7.14. The number of anilines is 1. The van der Waals surface area contributed by atoms with Crippen LogP contribution >= 0.6 is 15.9 Å². The Bertz CT molecular complexity index is 689. The lowest BCUT2D eigenvalue weighted by Crippen LogP contribution is -2.36. The van der Waals surface area contributed by atoms with Gasteiger partial charge in [0.25, 0.3) is 0 Å². The van der Waals surface area contributed by atoms with Gasteiger partial charge in [0.05, 0.1) is 22.8 Å². The Hall–Kier alpha value is -1.60. The number of fused-ring (bicyclic) bond motifs is 1. The summed E-state index contributed by atoms with van der Waals surface area (Å²) in [5.41, 5.74) is 7.44. The number of carbonyl (C=O) groups is 1. The highest BCUT2D eigenvalue weighted by molar-refractivity contribution is 9.10. The normalized spacial score (nSPS) is 12.8. The summed E-state index contributed by atoms with van der Waals surface area (Å²) in [6.07, 6.45) is 0.618. The van der Waals surface area contributed by atoms with Crippen LogP contribution in [0.2, 0.25) is 0 Å². The number of nitrogens with two attached hydrogens (primary N) is 1. The van der Waals surface area contributed by atoms with Gasteiger partial charge in [0.2, 0.25) is 5.91 Å². The van der Waals surface area contributed by atoms with E-state index < -0.39 is 6.04 Å². The Morgan fingerprint density at radius 3 is 2.55 bits per heavy atom. The lowest BCUT2D eigenvalue weighted by molar-refractivity contribution is -0.117. The van der Waals surface area contributed by atoms with Crippen LogP contribution in [-0.2, 0) is 4.79 Å². The van der Waals surface area contributed by atoms with E-state index in [1.165, 1.54) is 0 Å². The number of imidazole rings is 1. The second-order valence-corrected chi connectivity index (χ2v) is 6.04. The molecule has 2 rings (SSSR count). The van der Waals surface area contributed by atoms with Crippen LogP contribution in [0.1, 0.15) is 20.3 Å². The molecule has 0 aliphatic heterocycles. The zero-order chi connectivity index (χ0) is 14.9. The van der Waals surface area contributed by atoms with Crippen LogP contribution in [0.5, 0.6) is 0 Å². The van der Waals surface area contributed by atoms with Crippen molar-refractivity contribution in [1.82, 2.24) is 9.97 Å². The van der Waals surface area contributed by atoms with Crippen LogP contribution in [0.4, 0.5) is 5.69 Å². The van der Waals surface area contributed by atoms with Crippen molar-refractivity contribution in [3.8, 4) is 0 Å². The summed E-state index contributed by atoms with van der Waals surface area (Å²) in [6.45, 7) is 4.03. The molecule has 0 saturated heterocycles. The smallest absolute Gasteiger partial charge is 0.323 e. The minimum Gasteiger partial charge on any atom is -0.324 e. The molecule has 0 spiro atoms. The third-order valence-electron chi connectivity index (χ3n) is 2.92. The summed E-state index contributed by atoms with van der Waals surface area (Å²) >= 11 is 3.36. The van der Waals surface area contributed by atoms with Gasteiger partial charge in [0, 0.05) is 4.47 Å². The minimum atomic E-state index is -0.553. The average Bonchev–Trinajstić information content (AvgIpc) is 2.67. The molecule has 0 saturated carbocycles. The first-order chi connectivity index (χ1) is 9.36. The summed E-state index contributed by atoms with van der Waals surface area (Å²) in [6, 6.07) is 2.87. The van der Waals surface area contributed by atoms with Crippen LogP contribution in [0.25, 0.3) is 11.0 Å². The average molecular weight is 341 g/mol. The molecule has 1 heterocycles. The Kier molecular flexibility index (Phi) is 4.29. The van der Waals surface area contributed by atoms with E-state index in [4.69, 9.17) is 5.73 Å². The lowest BCUT2D eigenvalue weighted by Gasteiger charge is -2.15. The topological polar surface area (TPSA) is 104 Å². The Morgan fingerprint density at radius 1 is 1.35 bits per heavy atom. The molecule has 1 aromatic heterocycles. The summed E-state index contributed by atoms with van der Waals surface area (Å²) < 4.78 is 0.686. The molecule has 0 unspecified atom stereocenters. The van der Waals surface area contributed by atoms with E-state index in [1.807, 2.05) is 13.8 Å². The molecule has 6 nitrogen and oxygen atoms in total. The van der Waals surface area contributed by atoms with Gasteiger partial charge in [0.15, 0.2) is 0 Å². The molecule has 1 atom stereocenters. The molecule has 0 radical (unpaired) electrons. The highest BCUT2D eigenvalue weighted by Crippen LogP contribution is 2.26. The van der Waals surface area contributed by atoms with E-state index in [0.717, 1.165) is 0 Å². The van der Waals surface area contributed by atoms with Gasteiger partial charge in [-0.2, -0.15) is 0 Å². The number of hydrogen-bond acceptors (Lipinski definition) is 3. The van der Waals surface area contributed by atoms with Gasteiger partial charge in [-0.3, -0.25) is 4.79 Å². The molecule has 1 aromatic carbocycles. The van der Waals surface area contributed by atoms with Gasteiger partial charge in [-0.15, -0.1) is 0 Å². The number of rotatable bonds is 4. The maximum Gasteiger partial charge on any atom is 0.323 e. The summed E-state index contributed by atoms with van der Waals surface area (Å²) in [5, 5.41) is 2.77. The fraction of sp³-hybridized carbons (Fsp3) is 0.385. The lowest BCUT2D eigenvalue weighted by atomic mass is 10.0. The first-order valence-electron chi connectivity index (χ1n) is 6.35. The number of halogens is 1. The molecule has 0 aliphatic carbocycles. The molecule has 20 heavy (non-hydrogen) atoms. The number of carbonyl (C=O) groups excluding carboxylic acids is 1. The van der Waals surface area contributed by atoms with Crippen molar-refractivity contribution < 1.29 is 4.79 Å². The predicted octanol–water partition coefficient (Wildman–Crippen LogP) is 1.93. The second-order valence-electron chi connectivity index (χ2n) is 5.18. The van der Waals surface area contributed by atoms with Crippen molar-refractivity contribution in [1.29, 1.82) is 0 Å². The van der Waals surface area contributed by atoms with Crippen molar-refractivity contribution in [2.24, 2.45) is 11.7 Å². The van der Waals surface area contributed by atoms with E-state index in [2.05, 4.69) is 31.2 Å². The van der Waals surface area contributed by atoms with Gasteiger partial charge in [-0.25, -0.2) is 4.79 Å². The molecule has 0 bridgehead atoms. The Morgan fingerprint density at radius 2 is 1.95 bits per heavy atom. The molecule has 2 aromatic rings. The zero-order valence-electron chi connectivity index (χ0n) is 11.3. The van der Waals surface area contributed by atoms with Crippen molar-refractivity contribution in [3.63, 3.8) is 0 Å². The van der Waals surface area contributed by atoms with E-state index >= 15 is 0 Å². The van der Waals surface area contributed by atoms with Gasteiger partial charge in [-0.1, -0.05) is 13.8 Å². The standard InChI is InChI=1S/C13H17BrN4O2/c1-6(2)3-8(15)12(19)16-9-5-11-10(4-7(9)14)17-13(20)18-11/h4-6,8H,3,15H2,1-2H3,(H,16,19)(H2,17,18,20)/t8-/m1/s1. The monoisotopic (exact) mass is 340 g/mol. The van der Waals surface area contributed by atoms with E-state index in [1.54, 1.807) is 12.1 Å². The van der Waals surface area contributed by atoms with Crippen molar-refractivity contribution in [2.75, 3.05) is 5.32 Å². The van der Waals surface area contributed by atoms with Crippen LogP contribution in [0.15, 0.2) is 21.4 Å². The van der Waals surface area contributed by atoms with Gasteiger partial charge in [0.1, 0.15) is 0 Å². The van der Waals surface area contributed by atoms with E-state index in [0.29, 0.717) is 33.5 Å². The number of aromatic nitrogens is 2. The molecular formula is C13H17BrN4O2. The van der Waals surface area contributed by atoms with Crippen LogP contribution in [-0.4, -0.2) is 21.9 Å². The van der Waals surface area contributed by atoms with Crippen molar-refractivity contribution >= 4 is 38.6 Å². The van der Waals surface area contributed by atoms with Crippen LogP contribution in [0.3, 0.4) is 0 Å². The molecule has 0 fully saturated rings. The largest absolute Gasteiger partial charge is 0.324 e. The van der Waals surface area contributed by atoms with Crippen molar-refractivity contribution in [2.45, 2.75) is 26.3 Å². The molecule has 1 amide bonds. The number of amides is 1. The fourth-order valence-corrected chi connectivity index (χ4v) is 2.43. The fourth-order valence-electron chi connectivity index (χ4n) is 1.99. The number of H-pyrrole nitrogens is 2. The van der Waals surface area contributed by atoms with Crippen LogP contribution < -0.4 is 16.7 Å². The second kappa shape index (κ2) is 5.80. The van der Waals surface area contributed by atoms with E-state index in [9.17, 15) is 9.59 Å². The Labute approximate surface area is 124 Å². The summed E-state index contributed by atoms with van der Waals surface area (Å²) in [7, 11) is 0. The first kappa shape index (κ1) is 14.8. The number of benzene rings is 1. The number of nitrogens with one attached hydrogen (secondary N) is 3. The summed E-state index contributed by atoms with van der Waals surface area (Å²) in [4.78, 5) is 28.5. The van der Waals surface area contributed by atoms with Crippen molar-refractivity contribution in [3.05, 3.63) is 27.1 Å². The third-order valence-corrected chi connectivity index (χ3v) is 3.58. The molecule has 7 heteroatoms. The number of hydrogen-bond donors (Lipinski definition) is 4. The highest BCUT2D eigenvalue weighted by Gasteiger charge is 2.16. The van der Waals surface area contributed by atoms with Gasteiger partial charge >= 0.3 is 5.69 Å². The highest BCUT2D eigenvalue weighted by atomic mass is 79.9. The van der Waals surface area contributed by atoms with Crippen LogP contribution in [0, 0.1) is 5.92 Å². The third kappa shape index (κ3) is 3.29. The SMILES string of the molecule is CC(C)C[C@@H](N)C(=O)Nc1cc2[nH]c(=O)[nH]c2cc1Br. The zero-order valence-corrected chi connectivity index (χ0v) is 12.9. The molecule has 0 aliphatic rings. The van der Waals surface area contributed by atoms with Gasteiger partial charge in [-0.05, 0) is 40.4 Å². The van der Waals surface area contributed by atoms with E-state index in [-0.39, 0.29) is 11.6 Å². The molecule has 5 N–H and O–H groups in total. The molecule has 108 valence electrons. The minimum absolute atomic E-state index is 0.239. The quantitative estimate of drug-likeness (QED) is 0.683. The Balaban J connectivity index is 2.22. The maximum atomic E-state index is 12.0. The maximum absolute atomic E-state index is 12.0. The van der Waals surface area contributed by atoms with Gasteiger partial charge < -0.3 is 21.0 Å².